The second-order valence-corrected chi connectivity index (χ2v) is 9.05. The zero-order chi connectivity index (χ0) is 21.1. The van der Waals surface area contributed by atoms with Crippen LogP contribution in [-0.2, 0) is 10.0 Å². The third kappa shape index (κ3) is 4.35. The molecule has 9 heteroatoms. The molecule has 156 valence electrons. The third-order valence-electron chi connectivity index (χ3n) is 5.20. The number of hydrogen-bond donors (Lipinski definition) is 1. The molecule has 1 aliphatic heterocycles. The molecule has 8 nitrogen and oxygen atoms in total. The zero-order valence-corrected chi connectivity index (χ0v) is 17.4. The van der Waals surface area contributed by atoms with E-state index in [0.29, 0.717) is 24.3 Å². The van der Waals surface area contributed by atoms with Crippen molar-refractivity contribution < 1.29 is 13.2 Å². The second kappa shape index (κ2) is 8.27. The van der Waals surface area contributed by atoms with Gasteiger partial charge in [-0.2, -0.15) is 15.0 Å². The van der Waals surface area contributed by atoms with E-state index in [1.54, 1.807) is 59.7 Å². The summed E-state index contributed by atoms with van der Waals surface area (Å²) >= 11 is 0. The van der Waals surface area contributed by atoms with Gasteiger partial charge in [-0.25, -0.2) is 8.42 Å². The molecule has 1 aromatic heterocycles. The number of aryl methyl sites for hydroxylation is 1. The molecular weight excluding hydrogens is 402 g/mol. The van der Waals surface area contributed by atoms with Crippen molar-refractivity contribution in [2.45, 2.75) is 30.7 Å². The number of carbonyl (C=O) groups is 1. The van der Waals surface area contributed by atoms with Gasteiger partial charge in [0.05, 0.1) is 23.3 Å². The van der Waals surface area contributed by atoms with Gasteiger partial charge in [-0.05, 0) is 61.7 Å². The molecule has 1 saturated heterocycles. The van der Waals surface area contributed by atoms with E-state index in [4.69, 9.17) is 0 Å². The van der Waals surface area contributed by atoms with E-state index in [1.807, 2.05) is 17.9 Å². The molecule has 1 amide bonds. The summed E-state index contributed by atoms with van der Waals surface area (Å²) in [7, 11) is -3.68. The summed E-state index contributed by atoms with van der Waals surface area (Å²) in [5, 5.41) is 8.36. The molecule has 0 bridgehead atoms. The van der Waals surface area contributed by atoms with Crippen LogP contribution in [0.15, 0.2) is 65.8 Å². The van der Waals surface area contributed by atoms with Crippen molar-refractivity contribution in [3.63, 3.8) is 0 Å². The minimum Gasteiger partial charge on any atom is -0.338 e. The smallest absolute Gasteiger partial charge is 0.261 e. The zero-order valence-electron chi connectivity index (χ0n) is 16.6. The molecule has 1 aliphatic rings. The Morgan fingerprint density at radius 1 is 1.03 bits per heavy atom. The summed E-state index contributed by atoms with van der Waals surface area (Å²) in [6.07, 6.45) is 4.92. The highest BCUT2D eigenvalue weighted by atomic mass is 32.2. The van der Waals surface area contributed by atoms with Gasteiger partial charge >= 0.3 is 0 Å². The third-order valence-corrected chi connectivity index (χ3v) is 6.58. The van der Waals surface area contributed by atoms with Crippen molar-refractivity contribution in [2.75, 3.05) is 17.8 Å². The Kier molecular flexibility index (Phi) is 5.54. The Morgan fingerprint density at radius 3 is 2.33 bits per heavy atom. The van der Waals surface area contributed by atoms with Crippen LogP contribution in [0.5, 0.6) is 0 Å². The summed E-state index contributed by atoms with van der Waals surface area (Å²) in [4.78, 5) is 16.5. The van der Waals surface area contributed by atoms with E-state index >= 15 is 0 Å². The fraction of sp³-hybridized carbons (Fsp3) is 0.286. The highest BCUT2D eigenvalue weighted by molar-refractivity contribution is 7.92. The maximum absolute atomic E-state index is 12.8. The lowest BCUT2D eigenvalue weighted by atomic mass is 10.0. The molecule has 3 aromatic rings. The number of hydrogen-bond acceptors (Lipinski definition) is 5. The molecule has 0 saturated carbocycles. The van der Waals surface area contributed by atoms with Gasteiger partial charge < -0.3 is 4.90 Å². The Labute approximate surface area is 175 Å². The summed E-state index contributed by atoms with van der Waals surface area (Å²) in [5.74, 6) is -0.0602. The Morgan fingerprint density at radius 2 is 1.70 bits per heavy atom. The van der Waals surface area contributed by atoms with Crippen LogP contribution in [0, 0.1) is 6.92 Å². The normalized spacial score (nSPS) is 15.2. The van der Waals surface area contributed by atoms with Gasteiger partial charge in [-0.1, -0.05) is 12.1 Å². The monoisotopic (exact) mass is 425 g/mol. The molecule has 4 rings (SSSR count). The Hall–Kier alpha value is -3.20. The standard InChI is InChI=1S/C21H23N5O3S/c1-16-3-2-4-20(15-16)30(28,29)24-18-7-5-17(6-8-18)21(27)25-13-9-19(10-14-25)26-22-11-12-23-26/h2-8,11-12,15,19,24H,9-10,13-14H2,1H3. The quantitative estimate of drug-likeness (QED) is 0.678. The van der Waals surface area contributed by atoms with Crippen molar-refractivity contribution >= 4 is 21.6 Å². The number of likely N-dealkylation sites (tertiary alicyclic amines) is 1. The van der Waals surface area contributed by atoms with Gasteiger partial charge in [0.2, 0.25) is 0 Å². The van der Waals surface area contributed by atoms with Crippen molar-refractivity contribution in [2.24, 2.45) is 0 Å². The SMILES string of the molecule is Cc1cccc(S(=O)(=O)Nc2ccc(C(=O)N3CCC(n4nccn4)CC3)cc2)c1. The lowest BCUT2D eigenvalue weighted by Crippen LogP contribution is -2.39. The molecule has 0 aliphatic carbocycles. The highest BCUT2D eigenvalue weighted by Crippen LogP contribution is 2.23. The molecule has 1 N–H and O–H groups in total. The lowest BCUT2D eigenvalue weighted by Gasteiger charge is -2.31. The van der Waals surface area contributed by atoms with Crippen LogP contribution in [0.25, 0.3) is 0 Å². The maximum atomic E-state index is 12.8. The van der Waals surface area contributed by atoms with Crippen LogP contribution >= 0.6 is 0 Å². The maximum Gasteiger partial charge on any atom is 0.261 e. The predicted octanol–water partition coefficient (Wildman–Crippen LogP) is 2.86. The van der Waals surface area contributed by atoms with Gasteiger partial charge in [0, 0.05) is 24.3 Å². The molecule has 0 atom stereocenters. The van der Waals surface area contributed by atoms with Crippen molar-refractivity contribution in [3.8, 4) is 0 Å². The number of aromatic nitrogens is 3. The number of nitrogens with one attached hydrogen (secondary N) is 1. The molecule has 0 spiro atoms. The summed E-state index contributed by atoms with van der Waals surface area (Å²) in [6, 6.07) is 13.4. The van der Waals surface area contributed by atoms with Gasteiger partial charge in [0.15, 0.2) is 0 Å². The van der Waals surface area contributed by atoms with E-state index in [0.717, 1.165) is 18.4 Å². The van der Waals surface area contributed by atoms with Crippen LogP contribution in [0.4, 0.5) is 5.69 Å². The highest BCUT2D eigenvalue weighted by Gasteiger charge is 2.25. The number of amides is 1. The molecule has 2 heterocycles. The van der Waals surface area contributed by atoms with Crippen LogP contribution in [0.1, 0.15) is 34.8 Å². The van der Waals surface area contributed by atoms with Crippen molar-refractivity contribution in [3.05, 3.63) is 72.1 Å². The summed E-state index contributed by atoms with van der Waals surface area (Å²) in [5.41, 5.74) is 1.81. The second-order valence-electron chi connectivity index (χ2n) is 7.37. The largest absolute Gasteiger partial charge is 0.338 e. The Bertz CT molecular complexity index is 1120. The molecule has 1 fully saturated rings. The van der Waals surface area contributed by atoms with E-state index in [2.05, 4.69) is 14.9 Å². The molecule has 0 radical (unpaired) electrons. The van der Waals surface area contributed by atoms with Gasteiger partial charge in [0.1, 0.15) is 0 Å². The van der Waals surface area contributed by atoms with E-state index in [1.165, 1.54) is 0 Å². The number of rotatable bonds is 5. The molecule has 0 unspecified atom stereocenters. The number of anilines is 1. The van der Waals surface area contributed by atoms with E-state index < -0.39 is 10.0 Å². The number of carbonyl (C=O) groups excluding carboxylic acids is 1. The number of nitrogens with zero attached hydrogens (tertiary/aromatic N) is 4. The first-order valence-corrected chi connectivity index (χ1v) is 11.3. The van der Waals surface area contributed by atoms with Gasteiger partial charge in [-0.15, -0.1) is 0 Å². The first-order chi connectivity index (χ1) is 14.4. The number of piperidine rings is 1. The van der Waals surface area contributed by atoms with Crippen LogP contribution in [0.3, 0.4) is 0 Å². The summed E-state index contributed by atoms with van der Waals surface area (Å²) < 4.78 is 27.7. The van der Waals surface area contributed by atoms with Crippen LogP contribution in [-0.4, -0.2) is 47.3 Å². The fourth-order valence-electron chi connectivity index (χ4n) is 3.57. The molecular formula is C21H23N5O3S. The molecule has 2 aromatic carbocycles. The minimum atomic E-state index is -3.68. The average molecular weight is 426 g/mol. The predicted molar refractivity (Wildman–Crippen MR) is 113 cm³/mol. The van der Waals surface area contributed by atoms with Crippen LogP contribution in [0.2, 0.25) is 0 Å². The van der Waals surface area contributed by atoms with Crippen molar-refractivity contribution in [1.82, 2.24) is 19.9 Å². The topological polar surface area (TPSA) is 97.2 Å². The lowest BCUT2D eigenvalue weighted by molar-refractivity contribution is 0.0684. The first kappa shape index (κ1) is 20.1. The van der Waals surface area contributed by atoms with Gasteiger partial charge in [0.25, 0.3) is 15.9 Å². The van der Waals surface area contributed by atoms with E-state index in [9.17, 15) is 13.2 Å². The van der Waals surface area contributed by atoms with Gasteiger partial charge in [-0.3, -0.25) is 9.52 Å². The first-order valence-electron chi connectivity index (χ1n) is 9.77. The van der Waals surface area contributed by atoms with Crippen molar-refractivity contribution in [1.29, 1.82) is 0 Å². The summed E-state index contributed by atoms with van der Waals surface area (Å²) in [6.45, 7) is 3.10. The number of benzene rings is 2. The average Bonchev–Trinajstić information content (AvgIpc) is 3.29. The van der Waals surface area contributed by atoms with E-state index in [-0.39, 0.29) is 16.8 Å². The Balaban J connectivity index is 1.39. The fourth-order valence-corrected chi connectivity index (χ4v) is 4.74. The minimum absolute atomic E-state index is 0.0602. The van der Waals surface area contributed by atoms with Crippen LogP contribution < -0.4 is 4.72 Å². The number of sulfonamides is 1. The molecule has 30 heavy (non-hydrogen) atoms.